The van der Waals surface area contributed by atoms with E-state index in [0.29, 0.717) is 22.5 Å². The van der Waals surface area contributed by atoms with Gasteiger partial charge in [0.05, 0.1) is 10.8 Å². The number of likely N-dealkylation sites (N-methyl/N-ethyl adjacent to an activating group) is 2. The van der Waals surface area contributed by atoms with Crippen LogP contribution in [0.3, 0.4) is 0 Å². The van der Waals surface area contributed by atoms with Gasteiger partial charge >= 0.3 is 0 Å². The number of amides is 4. The van der Waals surface area contributed by atoms with Crippen molar-refractivity contribution in [2.24, 2.45) is 0 Å². The van der Waals surface area contributed by atoms with Gasteiger partial charge in [0.1, 0.15) is 24.5 Å². The third kappa shape index (κ3) is 2.71. The Balaban J connectivity index is 1.35. The quantitative estimate of drug-likeness (QED) is 0.316. The highest BCUT2D eigenvalue weighted by Gasteiger charge is 2.92. The van der Waals surface area contributed by atoms with Crippen molar-refractivity contribution in [1.82, 2.24) is 19.6 Å². The van der Waals surface area contributed by atoms with Crippen molar-refractivity contribution in [3.05, 3.63) is 59.7 Å². The summed E-state index contributed by atoms with van der Waals surface area (Å²) in [7, 11) is 10.7. The minimum atomic E-state index is -1.82. The summed E-state index contributed by atoms with van der Waals surface area (Å²) in [5.41, 5.74) is -0.853. The molecule has 0 radical (unpaired) electrons. The van der Waals surface area contributed by atoms with Crippen LogP contribution in [0.4, 0.5) is 11.4 Å². The molecule has 2 aromatic rings. The topological polar surface area (TPSA) is 146 Å². The first kappa shape index (κ1) is 30.7. The number of benzene rings is 2. The molecule has 12 nitrogen and oxygen atoms in total. The van der Waals surface area contributed by atoms with Crippen LogP contribution in [0.15, 0.2) is 48.5 Å². The molecule has 4 N–H and O–H groups in total. The lowest BCUT2D eigenvalue weighted by Gasteiger charge is -2.58. The summed E-state index contributed by atoms with van der Waals surface area (Å²) in [6.45, 7) is 3.43. The second-order valence-electron chi connectivity index (χ2n) is 13.6. The van der Waals surface area contributed by atoms with E-state index in [1.165, 1.54) is 71.6 Å². The van der Waals surface area contributed by atoms with E-state index in [-0.39, 0.29) is 11.8 Å². The Bertz CT molecular complexity index is 1940. The molecule has 18 heteroatoms. The van der Waals surface area contributed by atoms with Crippen LogP contribution in [0.2, 0.25) is 0 Å². The summed E-state index contributed by atoms with van der Waals surface area (Å²) in [5, 5.41) is 34.0. The average molecular weight is 761 g/mol. The third-order valence-electron chi connectivity index (χ3n) is 12.2. The highest BCUT2D eigenvalue weighted by Crippen LogP contribution is 2.78. The van der Waals surface area contributed by atoms with E-state index in [0.717, 1.165) is 10.8 Å². The fraction of sp³-hybridized carbons (Fsp3) is 0.467. The van der Waals surface area contributed by atoms with Crippen LogP contribution in [-0.2, 0) is 30.0 Å². The zero-order valence-electron chi connectivity index (χ0n) is 25.7. The molecule has 2 spiro atoms. The van der Waals surface area contributed by atoms with E-state index in [2.05, 4.69) is 10.6 Å². The number of hydrogen-bond acceptors (Lipinski definition) is 14. The van der Waals surface area contributed by atoms with Crippen molar-refractivity contribution in [2.45, 2.75) is 68.7 Å². The predicted octanol–water partition coefficient (Wildman–Crippen LogP) is 2.63. The SMILES string of the molecule is CN1C(=O)[C@]23SS[C@@]1(C)C(=O)N2[C@H]1Nc2ccccc2C1([C@@]12c4ccccc4N[C@@H]1N1C(=O)[C@]4(C)SSSS[C@]1(C(=O)N4C)[C@H]2O)[C@@H]3O. The molecule has 8 saturated heterocycles. The summed E-state index contributed by atoms with van der Waals surface area (Å²) in [6, 6.07) is 14.8. The standard InChI is InChI=1S/C30H28N6O6S6/c1-25-21(39)35-19-27(13-9-5-7-11-15(13)31-19,17(37)29(35,45-43-25)23(41)33(25)3)28-14-10-6-8-12-16(14)32-20(28)36-22(40)26(2)34(4)24(42)30(36,18(28)38)46-48-47-44-26/h5-12,17-20,31-32,37-38H,1-4H3/t17-,18-,19+,20+,25-,26-,27?,28+,29-,30-/m0/s1. The third-order valence-corrected chi connectivity index (χ3v) is 23.2. The number of nitrogens with one attached hydrogen (secondary N) is 2. The maximum Gasteiger partial charge on any atom is 0.264 e. The number of nitrogens with zero attached hydrogens (tertiary/aromatic N) is 4. The molecule has 10 atom stereocenters. The maximum absolute atomic E-state index is 15.0. The molecule has 12 rings (SSSR count). The molecular formula is C30H28N6O6S6. The lowest BCUT2D eigenvalue weighted by Crippen LogP contribution is -2.77. The second kappa shape index (κ2) is 9.05. The Morgan fingerprint density at radius 1 is 0.604 bits per heavy atom. The smallest absolute Gasteiger partial charge is 0.264 e. The summed E-state index contributed by atoms with van der Waals surface area (Å²) >= 11 is 0. The lowest BCUT2D eigenvalue weighted by molar-refractivity contribution is -0.166. The number of anilines is 2. The number of carbonyl (C=O) groups is 4. The summed E-state index contributed by atoms with van der Waals surface area (Å²) < 4.78 is 0. The van der Waals surface area contributed by atoms with Gasteiger partial charge in [-0.3, -0.25) is 29.0 Å². The van der Waals surface area contributed by atoms with Crippen molar-refractivity contribution in [1.29, 1.82) is 0 Å². The van der Waals surface area contributed by atoms with E-state index in [9.17, 15) is 24.6 Å². The highest BCUT2D eigenvalue weighted by atomic mass is 33.7. The number of aliphatic hydroxyl groups excluding tert-OH is 2. The number of carbonyl (C=O) groups excluding carboxylic acids is 4. The Morgan fingerprint density at radius 3 is 1.52 bits per heavy atom. The van der Waals surface area contributed by atoms with Gasteiger partial charge in [0.15, 0.2) is 9.74 Å². The van der Waals surface area contributed by atoms with Crippen LogP contribution in [0.5, 0.6) is 0 Å². The molecule has 0 aliphatic carbocycles. The molecule has 10 aliphatic heterocycles. The fourth-order valence-electron chi connectivity index (χ4n) is 9.80. The summed E-state index contributed by atoms with van der Waals surface area (Å²) in [6.07, 6.45) is -5.31. The number of piperazine rings is 2. The van der Waals surface area contributed by atoms with Gasteiger partial charge < -0.3 is 30.6 Å². The van der Waals surface area contributed by atoms with Gasteiger partial charge in [-0.2, -0.15) is 0 Å². The van der Waals surface area contributed by atoms with Gasteiger partial charge in [-0.25, -0.2) is 0 Å². The number of para-hydroxylation sites is 2. The summed E-state index contributed by atoms with van der Waals surface area (Å²) in [5.74, 6) is -1.56. The minimum absolute atomic E-state index is 0.346. The highest BCUT2D eigenvalue weighted by molar-refractivity contribution is 9.26. The lowest BCUT2D eigenvalue weighted by atomic mass is 9.52. The van der Waals surface area contributed by atoms with Gasteiger partial charge in [-0.1, -0.05) is 47.2 Å². The zero-order chi connectivity index (χ0) is 33.6. The number of fused-ring (bicyclic) bond motifs is 13. The Hall–Kier alpha value is -2.06. The van der Waals surface area contributed by atoms with Gasteiger partial charge in [-0.15, -0.1) is 0 Å². The van der Waals surface area contributed by atoms with Gasteiger partial charge in [0, 0.05) is 25.5 Å². The van der Waals surface area contributed by atoms with Gasteiger partial charge in [-0.05, 0) is 89.1 Å². The molecule has 2 aromatic carbocycles. The van der Waals surface area contributed by atoms with Crippen molar-refractivity contribution >= 4 is 97.8 Å². The normalized spacial score (nSPS) is 46.0. The molecule has 1 unspecified atom stereocenters. The molecule has 4 amide bonds. The first-order chi connectivity index (χ1) is 22.8. The minimum Gasteiger partial charge on any atom is -0.388 e. The molecule has 250 valence electrons. The van der Waals surface area contributed by atoms with E-state index < -0.39 is 66.7 Å². The number of aliphatic hydroxyl groups is 2. The Labute approximate surface area is 298 Å². The largest absolute Gasteiger partial charge is 0.388 e. The van der Waals surface area contributed by atoms with Crippen LogP contribution in [0, 0.1) is 0 Å². The molecule has 4 bridgehead atoms. The zero-order valence-corrected chi connectivity index (χ0v) is 30.6. The predicted molar refractivity (Wildman–Crippen MR) is 190 cm³/mol. The van der Waals surface area contributed by atoms with Crippen LogP contribution in [0.1, 0.15) is 25.0 Å². The van der Waals surface area contributed by atoms with Crippen molar-refractivity contribution in [2.75, 3.05) is 24.7 Å². The summed E-state index contributed by atoms with van der Waals surface area (Å²) in [4.78, 5) is 59.0. The number of hydrogen-bond donors (Lipinski definition) is 4. The van der Waals surface area contributed by atoms with Crippen LogP contribution >= 0.6 is 62.8 Å². The molecule has 48 heavy (non-hydrogen) atoms. The van der Waals surface area contributed by atoms with Crippen molar-refractivity contribution < 1.29 is 29.4 Å². The first-order valence-electron chi connectivity index (χ1n) is 15.2. The molecule has 10 heterocycles. The number of rotatable bonds is 1. The van der Waals surface area contributed by atoms with E-state index in [1.54, 1.807) is 27.9 Å². The molecule has 8 fully saturated rings. The second-order valence-corrected chi connectivity index (χ2v) is 22.7. The molecule has 10 aliphatic rings. The maximum atomic E-state index is 15.0. The first-order valence-corrected chi connectivity index (χ1v) is 22.2. The van der Waals surface area contributed by atoms with Crippen LogP contribution < -0.4 is 10.6 Å². The Kier molecular flexibility index (Phi) is 5.79. The molecule has 0 saturated carbocycles. The van der Waals surface area contributed by atoms with Gasteiger partial charge in [0.2, 0.25) is 9.74 Å². The van der Waals surface area contributed by atoms with Crippen LogP contribution in [0.25, 0.3) is 0 Å². The van der Waals surface area contributed by atoms with Crippen molar-refractivity contribution in [3.63, 3.8) is 0 Å². The van der Waals surface area contributed by atoms with E-state index in [1.807, 2.05) is 48.5 Å². The Morgan fingerprint density at radius 2 is 1.02 bits per heavy atom. The molecular weight excluding hydrogens is 733 g/mol. The van der Waals surface area contributed by atoms with E-state index in [4.69, 9.17) is 0 Å². The van der Waals surface area contributed by atoms with E-state index >= 15 is 4.79 Å². The van der Waals surface area contributed by atoms with Crippen molar-refractivity contribution in [3.8, 4) is 0 Å². The monoisotopic (exact) mass is 760 g/mol. The molecule has 0 aromatic heterocycles. The van der Waals surface area contributed by atoms with Gasteiger partial charge in [0.25, 0.3) is 23.6 Å². The average Bonchev–Trinajstić information content (AvgIpc) is 3.73. The van der Waals surface area contributed by atoms with Crippen LogP contribution in [-0.4, -0.2) is 112 Å². The fourth-order valence-corrected chi connectivity index (χ4v) is 21.0.